The summed E-state index contributed by atoms with van der Waals surface area (Å²) in [6, 6.07) is 8.76. The molecular formula is C22H22ClN5O4S. The number of nitrogens with zero attached hydrogens (tertiary/aromatic N) is 3. The number of carbonyl (C=O) groups excluding carboxylic acids is 2. The highest BCUT2D eigenvalue weighted by molar-refractivity contribution is 7.18. The van der Waals surface area contributed by atoms with Crippen molar-refractivity contribution in [1.82, 2.24) is 5.32 Å². The largest absolute Gasteiger partial charge is 0.378 e. The summed E-state index contributed by atoms with van der Waals surface area (Å²) >= 11 is 7.09. The maximum Gasteiger partial charge on any atom is 0.262 e. The lowest BCUT2D eigenvalue weighted by Gasteiger charge is -2.31. The molecule has 3 heterocycles. The molecule has 2 aromatic rings. The Balaban J connectivity index is 1.51. The van der Waals surface area contributed by atoms with Crippen LogP contribution in [0.1, 0.15) is 21.7 Å². The van der Waals surface area contributed by atoms with Crippen molar-refractivity contribution in [2.45, 2.75) is 18.9 Å². The van der Waals surface area contributed by atoms with E-state index in [0.717, 1.165) is 22.6 Å². The van der Waals surface area contributed by atoms with E-state index in [1.54, 1.807) is 18.2 Å². The average Bonchev–Trinajstić information content (AvgIpc) is 3.45. The molecular weight excluding hydrogens is 466 g/mol. The maximum absolute atomic E-state index is 13.2. The molecule has 1 aromatic heterocycles. The topological polar surface area (TPSA) is 116 Å². The molecule has 2 aliphatic rings. The van der Waals surface area contributed by atoms with E-state index in [9.17, 15) is 9.59 Å². The predicted octanol–water partition coefficient (Wildman–Crippen LogP) is 2.95. The van der Waals surface area contributed by atoms with Gasteiger partial charge in [-0.25, -0.2) is 0 Å². The number of halogens is 1. The number of aryl methyl sites for hydroxylation is 1. The molecule has 2 fully saturated rings. The van der Waals surface area contributed by atoms with Gasteiger partial charge in [-0.3, -0.25) is 9.59 Å². The fraction of sp³-hybridized carbons (Fsp3) is 0.364. The first kappa shape index (κ1) is 23.2. The van der Waals surface area contributed by atoms with Gasteiger partial charge in [0.25, 0.3) is 11.8 Å². The molecule has 0 saturated carbocycles. The number of carbonyl (C=O) groups is 2. The molecule has 2 amide bonds. The number of aliphatic imine (C=N–C) groups is 1. The lowest BCUT2D eigenvalue weighted by Crippen LogP contribution is -2.57. The number of rotatable bonds is 5. The van der Waals surface area contributed by atoms with E-state index in [4.69, 9.17) is 26.3 Å². The van der Waals surface area contributed by atoms with Crippen molar-refractivity contribution in [3.8, 4) is 6.19 Å². The second-order valence-corrected chi connectivity index (χ2v) is 9.45. The van der Waals surface area contributed by atoms with E-state index in [-0.39, 0.29) is 25.0 Å². The van der Waals surface area contributed by atoms with Crippen LogP contribution in [0.15, 0.2) is 35.3 Å². The van der Waals surface area contributed by atoms with Crippen LogP contribution < -0.4 is 15.5 Å². The minimum Gasteiger partial charge on any atom is -0.378 e. The van der Waals surface area contributed by atoms with Gasteiger partial charge in [-0.1, -0.05) is 11.6 Å². The number of ether oxygens (including phenoxy) is 2. The Morgan fingerprint density at radius 3 is 2.79 bits per heavy atom. The Kier molecular flexibility index (Phi) is 6.95. The number of anilines is 2. The summed E-state index contributed by atoms with van der Waals surface area (Å²) < 4.78 is 11.4. The van der Waals surface area contributed by atoms with E-state index in [1.807, 2.05) is 30.1 Å². The Morgan fingerprint density at radius 2 is 2.12 bits per heavy atom. The minimum atomic E-state index is -1.17. The number of thiophene rings is 1. The molecule has 2 saturated heterocycles. The third-order valence-electron chi connectivity index (χ3n) is 5.53. The van der Waals surface area contributed by atoms with Gasteiger partial charge in [0.05, 0.1) is 22.4 Å². The molecule has 172 valence electrons. The number of nitriles is 1. The lowest BCUT2D eigenvalue weighted by molar-refractivity contribution is -0.122. The third-order valence-corrected chi connectivity index (χ3v) is 6.76. The summed E-state index contributed by atoms with van der Waals surface area (Å²) in [4.78, 5) is 32.2. The van der Waals surface area contributed by atoms with Gasteiger partial charge in [0.15, 0.2) is 0 Å². The molecule has 0 spiro atoms. The van der Waals surface area contributed by atoms with Gasteiger partial charge in [0.1, 0.15) is 18.0 Å². The molecule has 2 aliphatic heterocycles. The van der Waals surface area contributed by atoms with Gasteiger partial charge in [-0.05, 0) is 42.8 Å². The minimum absolute atomic E-state index is 0.0858. The zero-order valence-electron chi connectivity index (χ0n) is 17.9. The van der Waals surface area contributed by atoms with Crippen LogP contribution in [0.5, 0.6) is 0 Å². The zero-order valence-corrected chi connectivity index (χ0v) is 19.5. The Hall–Kier alpha value is -2.97. The Labute approximate surface area is 199 Å². The molecule has 33 heavy (non-hydrogen) atoms. The maximum atomic E-state index is 13.2. The van der Waals surface area contributed by atoms with E-state index >= 15 is 0 Å². The summed E-state index contributed by atoms with van der Waals surface area (Å²) in [5.41, 5.74) is 1.20. The van der Waals surface area contributed by atoms with Crippen molar-refractivity contribution in [3.63, 3.8) is 0 Å². The van der Waals surface area contributed by atoms with Crippen molar-refractivity contribution in [3.05, 3.63) is 45.1 Å². The molecule has 11 heteroatoms. The van der Waals surface area contributed by atoms with E-state index in [2.05, 4.69) is 15.6 Å². The molecule has 1 aromatic carbocycles. The van der Waals surface area contributed by atoms with Crippen LogP contribution in [0.2, 0.25) is 4.34 Å². The molecule has 9 nitrogen and oxygen atoms in total. The van der Waals surface area contributed by atoms with Crippen LogP contribution in [-0.2, 0) is 14.3 Å². The summed E-state index contributed by atoms with van der Waals surface area (Å²) in [7, 11) is 0. The van der Waals surface area contributed by atoms with Crippen molar-refractivity contribution in [2.24, 2.45) is 4.99 Å². The predicted molar refractivity (Wildman–Crippen MR) is 126 cm³/mol. The van der Waals surface area contributed by atoms with Gasteiger partial charge >= 0.3 is 0 Å². The molecule has 2 N–H and O–H groups in total. The van der Waals surface area contributed by atoms with Gasteiger partial charge in [-0.15, -0.1) is 11.3 Å². The quantitative estimate of drug-likeness (QED) is 0.626. The SMILES string of the molecule is Cc1cc(NC(=O)C2(NC(=O)c3ccc(Cl)s3)CCOC2)ccc1N1CCOCC1=NC#N. The highest BCUT2D eigenvalue weighted by Gasteiger charge is 2.44. The number of hydrogen-bond donors (Lipinski definition) is 2. The highest BCUT2D eigenvalue weighted by atomic mass is 35.5. The van der Waals surface area contributed by atoms with Crippen molar-refractivity contribution < 1.29 is 19.1 Å². The monoisotopic (exact) mass is 487 g/mol. The van der Waals surface area contributed by atoms with Gasteiger partial charge in [0.2, 0.25) is 6.19 Å². The Morgan fingerprint density at radius 1 is 1.27 bits per heavy atom. The van der Waals surface area contributed by atoms with Gasteiger partial charge in [-0.2, -0.15) is 10.3 Å². The summed E-state index contributed by atoms with van der Waals surface area (Å²) in [5, 5.41) is 14.7. The second-order valence-electron chi connectivity index (χ2n) is 7.73. The second kappa shape index (κ2) is 9.89. The normalized spacial score (nSPS) is 21.6. The highest BCUT2D eigenvalue weighted by Crippen LogP contribution is 2.28. The van der Waals surface area contributed by atoms with Crippen LogP contribution in [0.4, 0.5) is 11.4 Å². The van der Waals surface area contributed by atoms with Crippen molar-refractivity contribution in [2.75, 3.05) is 43.2 Å². The summed E-state index contributed by atoms with van der Waals surface area (Å²) in [5.74, 6) is -0.168. The Bertz CT molecular complexity index is 1140. The first-order chi connectivity index (χ1) is 15.9. The van der Waals surface area contributed by atoms with E-state index < -0.39 is 5.54 Å². The van der Waals surface area contributed by atoms with Crippen LogP contribution in [0.25, 0.3) is 0 Å². The lowest BCUT2D eigenvalue weighted by atomic mass is 9.96. The molecule has 0 radical (unpaired) electrons. The third kappa shape index (κ3) is 5.02. The number of benzene rings is 1. The van der Waals surface area contributed by atoms with E-state index in [1.165, 1.54) is 0 Å². The molecule has 1 atom stereocenters. The number of morpholine rings is 1. The average molecular weight is 488 g/mol. The zero-order chi connectivity index (χ0) is 23.4. The first-order valence-corrected chi connectivity index (χ1v) is 11.5. The molecule has 4 rings (SSSR count). The van der Waals surface area contributed by atoms with Crippen LogP contribution >= 0.6 is 22.9 Å². The standard InChI is InChI=1S/C22H22ClN5O4S/c1-14-10-15(2-3-16(14)28-7-9-31-11-19(28)25-13-24)26-21(30)22(6-8-32-12-22)27-20(29)17-4-5-18(23)33-17/h2-5,10H,6-9,11-12H2,1H3,(H,26,30)(H,27,29). The smallest absolute Gasteiger partial charge is 0.262 e. The number of nitrogens with one attached hydrogen (secondary N) is 2. The molecule has 0 aliphatic carbocycles. The number of hydrogen-bond acceptors (Lipinski definition) is 7. The first-order valence-electron chi connectivity index (χ1n) is 10.3. The van der Waals surface area contributed by atoms with Crippen molar-refractivity contribution >= 4 is 52.0 Å². The summed E-state index contributed by atoms with van der Waals surface area (Å²) in [6.07, 6.45) is 2.18. The fourth-order valence-electron chi connectivity index (χ4n) is 3.84. The van der Waals surface area contributed by atoms with Crippen LogP contribution in [0, 0.1) is 18.4 Å². The van der Waals surface area contributed by atoms with Gasteiger partial charge in [0, 0.05) is 30.9 Å². The molecule has 1 unspecified atom stereocenters. The fourth-order valence-corrected chi connectivity index (χ4v) is 4.78. The number of amidine groups is 1. The van der Waals surface area contributed by atoms with E-state index in [0.29, 0.717) is 46.9 Å². The summed E-state index contributed by atoms with van der Waals surface area (Å²) in [6.45, 7) is 3.74. The van der Waals surface area contributed by atoms with Crippen LogP contribution in [-0.4, -0.2) is 56.2 Å². The number of amides is 2. The molecule has 0 bridgehead atoms. The van der Waals surface area contributed by atoms with Crippen molar-refractivity contribution in [1.29, 1.82) is 5.26 Å². The van der Waals surface area contributed by atoms with Crippen LogP contribution in [0.3, 0.4) is 0 Å². The van der Waals surface area contributed by atoms with Gasteiger partial charge < -0.3 is 25.0 Å².